The third-order valence-corrected chi connectivity index (χ3v) is 3.76. The van der Waals surface area contributed by atoms with Gasteiger partial charge >= 0.3 is 5.97 Å². The maximum Gasteiger partial charge on any atom is 0.337 e. The number of rotatable bonds is 5. The first-order valence-corrected chi connectivity index (χ1v) is 7.93. The highest BCUT2D eigenvalue weighted by Crippen LogP contribution is 2.20. The van der Waals surface area contributed by atoms with E-state index < -0.39 is 5.97 Å². The molecule has 1 aromatic heterocycles. The fourth-order valence-corrected chi connectivity index (χ4v) is 2.41. The van der Waals surface area contributed by atoms with Crippen molar-refractivity contribution >= 4 is 17.6 Å². The minimum Gasteiger partial charge on any atom is -0.465 e. The second kappa shape index (κ2) is 7.60. The molecule has 0 unspecified atom stereocenters. The summed E-state index contributed by atoms with van der Waals surface area (Å²) in [5.74, 6) is -0.0477. The van der Waals surface area contributed by atoms with Gasteiger partial charge in [0, 0.05) is 11.3 Å². The summed E-state index contributed by atoms with van der Waals surface area (Å²) in [7, 11) is 1.31. The summed E-state index contributed by atoms with van der Waals surface area (Å²) in [5.41, 5.74) is 2.85. The minimum atomic E-state index is -0.433. The number of hydrogen-bond donors (Lipinski definition) is 1. The molecule has 0 saturated carbocycles. The van der Waals surface area contributed by atoms with E-state index >= 15 is 0 Å². The van der Waals surface area contributed by atoms with Crippen LogP contribution >= 0.6 is 0 Å². The molecule has 3 rings (SSSR count). The van der Waals surface area contributed by atoms with E-state index in [1.54, 1.807) is 24.3 Å². The van der Waals surface area contributed by atoms with Crippen molar-refractivity contribution < 1.29 is 18.8 Å². The van der Waals surface area contributed by atoms with Crippen LogP contribution in [0.2, 0.25) is 0 Å². The molecule has 1 N–H and O–H groups in total. The number of esters is 1. The number of carbonyl (C=O) groups is 2. The highest BCUT2D eigenvalue weighted by atomic mass is 16.5. The van der Waals surface area contributed by atoms with Crippen LogP contribution in [0.15, 0.2) is 53.1 Å². The number of benzene rings is 2. The van der Waals surface area contributed by atoms with Gasteiger partial charge in [-0.3, -0.25) is 4.79 Å². The predicted molar refractivity (Wildman–Crippen MR) is 94.6 cm³/mol. The van der Waals surface area contributed by atoms with Crippen molar-refractivity contribution in [3.63, 3.8) is 0 Å². The Morgan fingerprint density at radius 1 is 1.12 bits per heavy atom. The first-order valence-electron chi connectivity index (χ1n) is 7.93. The van der Waals surface area contributed by atoms with Crippen LogP contribution in [-0.4, -0.2) is 29.1 Å². The number of nitrogens with one attached hydrogen (secondary N) is 1. The van der Waals surface area contributed by atoms with E-state index in [1.807, 2.05) is 31.2 Å². The van der Waals surface area contributed by atoms with E-state index in [1.165, 1.54) is 7.11 Å². The Hall–Kier alpha value is -3.48. The van der Waals surface area contributed by atoms with Crippen molar-refractivity contribution in [3.05, 3.63) is 65.5 Å². The molecule has 1 amide bonds. The third kappa shape index (κ3) is 3.94. The van der Waals surface area contributed by atoms with Gasteiger partial charge in [0.15, 0.2) is 0 Å². The van der Waals surface area contributed by atoms with Crippen molar-refractivity contribution in [2.24, 2.45) is 0 Å². The highest BCUT2D eigenvalue weighted by molar-refractivity contribution is 5.93. The van der Waals surface area contributed by atoms with E-state index in [-0.39, 0.29) is 18.2 Å². The average Bonchev–Trinajstić information content (AvgIpc) is 3.10. The lowest BCUT2D eigenvalue weighted by Crippen LogP contribution is -2.14. The van der Waals surface area contributed by atoms with Crippen LogP contribution in [0.25, 0.3) is 11.4 Å². The van der Waals surface area contributed by atoms with Gasteiger partial charge in [0.05, 0.1) is 12.7 Å². The predicted octanol–water partition coefficient (Wildman–Crippen LogP) is 3.01. The zero-order valence-corrected chi connectivity index (χ0v) is 14.4. The van der Waals surface area contributed by atoms with Crippen LogP contribution in [0.5, 0.6) is 0 Å². The van der Waals surface area contributed by atoms with Crippen LogP contribution in [0.3, 0.4) is 0 Å². The maximum atomic E-state index is 12.1. The van der Waals surface area contributed by atoms with Gasteiger partial charge in [0.2, 0.25) is 17.6 Å². The molecule has 7 heteroatoms. The molecule has 0 aliphatic heterocycles. The molecule has 1 heterocycles. The summed E-state index contributed by atoms with van der Waals surface area (Å²) < 4.78 is 9.79. The van der Waals surface area contributed by atoms with E-state index in [0.717, 1.165) is 11.1 Å². The Balaban J connectivity index is 1.64. The fraction of sp³-hybridized carbons (Fsp3) is 0.158. The molecule has 2 aromatic carbocycles. The fourth-order valence-electron chi connectivity index (χ4n) is 2.41. The van der Waals surface area contributed by atoms with Crippen LogP contribution in [0.4, 0.5) is 5.69 Å². The number of carbonyl (C=O) groups excluding carboxylic acids is 2. The molecule has 0 aliphatic rings. The number of methoxy groups -OCH3 is 1. The molecule has 0 aliphatic carbocycles. The van der Waals surface area contributed by atoms with Gasteiger partial charge in [0.1, 0.15) is 6.42 Å². The lowest BCUT2D eigenvalue weighted by molar-refractivity contribution is -0.115. The molecular formula is C19H17N3O4. The van der Waals surface area contributed by atoms with Crippen LogP contribution < -0.4 is 5.32 Å². The maximum absolute atomic E-state index is 12.1. The second-order valence-electron chi connectivity index (χ2n) is 5.62. The zero-order chi connectivity index (χ0) is 18.5. The SMILES string of the molecule is COC(=O)c1ccc(NC(=O)Cc2nc(-c3ccccc3C)no2)cc1. The number of aryl methyl sites for hydroxylation is 1. The summed E-state index contributed by atoms with van der Waals surface area (Å²) in [4.78, 5) is 27.8. The van der Waals surface area contributed by atoms with Gasteiger partial charge < -0.3 is 14.6 Å². The topological polar surface area (TPSA) is 94.3 Å². The molecule has 0 spiro atoms. The molecular weight excluding hydrogens is 334 g/mol. The van der Waals surface area contributed by atoms with Crippen molar-refractivity contribution in [1.82, 2.24) is 10.1 Å². The highest BCUT2D eigenvalue weighted by Gasteiger charge is 2.14. The number of ether oxygens (including phenoxy) is 1. The van der Waals surface area contributed by atoms with E-state index in [2.05, 4.69) is 20.2 Å². The number of amides is 1. The lowest BCUT2D eigenvalue weighted by atomic mass is 10.1. The molecule has 0 saturated heterocycles. The first-order chi connectivity index (χ1) is 12.6. The summed E-state index contributed by atoms with van der Waals surface area (Å²) in [6.07, 6.45) is -0.0440. The first kappa shape index (κ1) is 17.3. The summed E-state index contributed by atoms with van der Waals surface area (Å²) in [5, 5.41) is 6.65. The second-order valence-corrected chi connectivity index (χ2v) is 5.62. The van der Waals surface area contributed by atoms with Gasteiger partial charge in [0.25, 0.3) is 0 Å². The average molecular weight is 351 g/mol. The summed E-state index contributed by atoms with van der Waals surface area (Å²) in [6.45, 7) is 1.95. The molecule has 3 aromatic rings. The number of aromatic nitrogens is 2. The number of nitrogens with zero attached hydrogens (tertiary/aromatic N) is 2. The molecule has 0 bridgehead atoms. The van der Waals surface area contributed by atoms with Gasteiger partial charge in [-0.05, 0) is 36.8 Å². The Morgan fingerprint density at radius 3 is 2.54 bits per heavy atom. The Labute approximate surface area is 150 Å². The van der Waals surface area contributed by atoms with Crippen LogP contribution in [0.1, 0.15) is 21.8 Å². The van der Waals surface area contributed by atoms with E-state index in [4.69, 9.17) is 4.52 Å². The molecule has 26 heavy (non-hydrogen) atoms. The van der Waals surface area contributed by atoms with Crippen molar-refractivity contribution in [3.8, 4) is 11.4 Å². The van der Waals surface area contributed by atoms with Gasteiger partial charge in [-0.2, -0.15) is 4.98 Å². The quantitative estimate of drug-likeness (QED) is 0.710. The Kier molecular flexibility index (Phi) is 5.07. The molecule has 0 fully saturated rings. The van der Waals surface area contributed by atoms with Crippen molar-refractivity contribution in [2.45, 2.75) is 13.3 Å². The molecule has 0 radical (unpaired) electrons. The molecule has 7 nitrogen and oxygen atoms in total. The van der Waals surface area contributed by atoms with Crippen LogP contribution in [-0.2, 0) is 16.0 Å². The minimum absolute atomic E-state index is 0.0440. The smallest absolute Gasteiger partial charge is 0.337 e. The monoisotopic (exact) mass is 351 g/mol. The van der Waals surface area contributed by atoms with Gasteiger partial charge in [-0.1, -0.05) is 29.4 Å². The number of anilines is 1. The molecule has 0 atom stereocenters. The van der Waals surface area contributed by atoms with E-state index in [9.17, 15) is 9.59 Å². The summed E-state index contributed by atoms with van der Waals surface area (Å²) >= 11 is 0. The van der Waals surface area contributed by atoms with Crippen molar-refractivity contribution in [1.29, 1.82) is 0 Å². The zero-order valence-electron chi connectivity index (χ0n) is 14.4. The van der Waals surface area contributed by atoms with Crippen LogP contribution in [0, 0.1) is 6.92 Å². The standard InChI is InChI=1S/C19H17N3O4/c1-12-5-3-4-6-15(12)18-21-17(26-22-18)11-16(23)20-14-9-7-13(8-10-14)19(24)25-2/h3-10H,11H2,1-2H3,(H,20,23). The Morgan fingerprint density at radius 2 is 1.85 bits per heavy atom. The van der Waals surface area contributed by atoms with Crippen molar-refractivity contribution in [2.75, 3.05) is 12.4 Å². The molecule has 132 valence electrons. The van der Waals surface area contributed by atoms with E-state index in [0.29, 0.717) is 17.1 Å². The summed E-state index contributed by atoms with van der Waals surface area (Å²) in [6, 6.07) is 14.1. The normalized spacial score (nSPS) is 10.4. The number of hydrogen-bond acceptors (Lipinski definition) is 6. The third-order valence-electron chi connectivity index (χ3n) is 3.76. The lowest BCUT2D eigenvalue weighted by Gasteiger charge is -2.04. The van der Waals surface area contributed by atoms with Gasteiger partial charge in [-0.25, -0.2) is 4.79 Å². The Bertz CT molecular complexity index is 932. The van der Waals surface area contributed by atoms with Gasteiger partial charge in [-0.15, -0.1) is 0 Å². The largest absolute Gasteiger partial charge is 0.465 e.